The molecule has 0 aromatic rings. The van der Waals surface area contributed by atoms with E-state index in [1.54, 1.807) is 0 Å². The molecule has 0 unspecified atom stereocenters. The molecule has 10 heavy (non-hydrogen) atoms. The van der Waals surface area contributed by atoms with Gasteiger partial charge in [-0.25, -0.2) is 0 Å². The first-order valence-electron chi connectivity index (χ1n) is 1.41. The summed E-state index contributed by atoms with van der Waals surface area (Å²) in [5.41, 5.74) is 0. The van der Waals surface area contributed by atoms with Crippen molar-refractivity contribution in [1.29, 1.82) is 0 Å². The molecule has 0 rings (SSSR count). The predicted molar refractivity (Wildman–Crippen MR) is 17.3 cm³/mol. The van der Waals surface area contributed by atoms with E-state index in [2.05, 4.69) is 0 Å². The van der Waals surface area contributed by atoms with Gasteiger partial charge in [-0.15, -0.1) is 0 Å². The molecular weight excluding hydrogens is 233 g/mol. The molecule has 0 spiro atoms. The van der Waals surface area contributed by atoms with Crippen molar-refractivity contribution in [3.05, 3.63) is 0 Å². The molecule has 0 aliphatic heterocycles. The van der Waals surface area contributed by atoms with E-state index in [9.17, 15) is 0 Å². The minimum absolute atomic E-state index is 0. The molecule has 0 amide bonds. The molecule has 0 aromatic carbocycles. The van der Waals surface area contributed by atoms with E-state index < -0.39 is 14.6 Å². The third-order valence-electron chi connectivity index (χ3n) is 0. The summed E-state index contributed by atoms with van der Waals surface area (Å²) in [4.78, 5) is 0. The average Bonchev–Trinajstić information content (AvgIpc) is 1.25. The second-order valence-electron chi connectivity index (χ2n) is 0.577. The second-order valence-corrected chi connectivity index (χ2v) is 0.577. The van der Waals surface area contributed by atoms with Gasteiger partial charge in [-0.1, -0.05) is 0 Å². The zero-order valence-corrected chi connectivity index (χ0v) is 8.68. The van der Waals surface area contributed by atoms with Crippen LogP contribution in [0.3, 0.4) is 0 Å². The molecule has 0 radical (unpaired) electrons. The summed E-state index contributed by atoms with van der Waals surface area (Å²) in [6, 6.07) is 0. The van der Waals surface area contributed by atoms with E-state index in [0.717, 1.165) is 0 Å². The molecule has 0 saturated heterocycles. The van der Waals surface area contributed by atoms with E-state index in [4.69, 9.17) is 30.1 Å². The van der Waals surface area contributed by atoms with Crippen LogP contribution in [-0.4, -0.2) is 37.7 Å². The maximum Gasteiger partial charge on any atom is 4.00 e. The zero-order chi connectivity index (χ0) is 7.15. The van der Waals surface area contributed by atoms with Crippen LogP contribution < -0.4 is 30.1 Å². The van der Waals surface area contributed by atoms with Gasteiger partial charge in [0, 0.05) is 0 Å². The van der Waals surface area contributed by atoms with Crippen LogP contribution in [0.15, 0.2) is 0 Å². The van der Waals surface area contributed by atoms with Crippen LogP contribution >= 0.6 is 0 Å². The molecule has 0 N–H and O–H groups in total. The Morgan fingerprint density at radius 1 is 0.600 bits per heavy atom. The van der Waals surface area contributed by atoms with Gasteiger partial charge in [0.25, 0.3) is 0 Å². The van der Waals surface area contributed by atoms with Crippen LogP contribution in [0.2, 0.25) is 0 Å². The minimum atomic E-state index is -2.92. The quantitative estimate of drug-likeness (QED) is 0.381. The molecule has 0 saturated carbocycles. The first kappa shape index (κ1) is 22.5. The van der Waals surface area contributed by atoms with E-state index in [0.29, 0.717) is 0 Å². The van der Waals surface area contributed by atoms with Gasteiger partial charge in [-0.2, -0.15) is 0 Å². The molecular formula is B2MgO6Zr. The normalized spacial score (nSPS) is 5.40. The molecule has 0 aliphatic carbocycles. The largest absolute Gasteiger partial charge is 4.00 e. The predicted octanol–water partition coefficient (Wildman–Crippen LogP) is -8.28. The van der Waals surface area contributed by atoms with E-state index in [1.165, 1.54) is 0 Å². The summed E-state index contributed by atoms with van der Waals surface area (Å²) in [6.07, 6.45) is 0. The third kappa shape index (κ3) is 294. The summed E-state index contributed by atoms with van der Waals surface area (Å²) in [5, 5.41) is 50.5. The monoisotopic (exact) mass is 232 g/mol. The molecule has 0 atom stereocenters. The van der Waals surface area contributed by atoms with Gasteiger partial charge >= 0.3 is 49.3 Å². The minimum Gasteiger partial charge on any atom is -0.907 e. The van der Waals surface area contributed by atoms with Crippen LogP contribution in [0.25, 0.3) is 0 Å². The van der Waals surface area contributed by atoms with E-state index >= 15 is 0 Å². The smallest absolute Gasteiger partial charge is 0.907 e. The molecule has 0 fully saturated rings. The Kier molecular flexibility index (Phi) is 38.0. The summed E-state index contributed by atoms with van der Waals surface area (Å²) >= 11 is 0. The Bertz CT molecular complexity index is 31.2. The van der Waals surface area contributed by atoms with E-state index in [-0.39, 0.29) is 49.3 Å². The van der Waals surface area contributed by atoms with Crippen LogP contribution in [-0.2, 0) is 26.2 Å². The van der Waals surface area contributed by atoms with Gasteiger partial charge in [-0.3, -0.25) is 14.6 Å². The maximum absolute atomic E-state index is 8.42. The van der Waals surface area contributed by atoms with Crippen LogP contribution in [0.1, 0.15) is 0 Å². The van der Waals surface area contributed by atoms with E-state index in [1.807, 2.05) is 0 Å². The SMILES string of the molecule is [Mg+2].[O-]B([O-])[O-].[O-]B([O-])[O-].[Zr+4]. The van der Waals surface area contributed by atoms with Gasteiger partial charge in [0.05, 0.1) is 0 Å². The second kappa shape index (κ2) is 16.9. The molecule has 0 aliphatic rings. The third-order valence-corrected chi connectivity index (χ3v) is 0. The van der Waals surface area contributed by atoms with Crippen molar-refractivity contribution in [2.24, 2.45) is 0 Å². The Morgan fingerprint density at radius 3 is 0.600 bits per heavy atom. The van der Waals surface area contributed by atoms with Crippen molar-refractivity contribution in [3.8, 4) is 0 Å². The van der Waals surface area contributed by atoms with Crippen molar-refractivity contribution in [2.75, 3.05) is 0 Å². The molecule has 10 heteroatoms. The number of hydrogen-bond acceptors (Lipinski definition) is 6. The van der Waals surface area contributed by atoms with Gasteiger partial charge < -0.3 is 30.1 Å². The molecule has 6 nitrogen and oxygen atoms in total. The maximum atomic E-state index is 8.42. The Hall–Kier alpha value is 1.54. The van der Waals surface area contributed by atoms with Crippen LogP contribution in [0.4, 0.5) is 0 Å². The van der Waals surface area contributed by atoms with Gasteiger partial charge in [-0.05, 0) is 0 Å². The summed E-state index contributed by atoms with van der Waals surface area (Å²) in [5.74, 6) is 0. The summed E-state index contributed by atoms with van der Waals surface area (Å²) < 4.78 is 0. The van der Waals surface area contributed by atoms with Crippen molar-refractivity contribution in [1.82, 2.24) is 0 Å². The van der Waals surface area contributed by atoms with Crippen molar-refractivity contribution in [2.45, 2.75) is 0 Å². The fraction of sp³-hybridized carbons (Fsp3) is 0. The molecule has 48 valence electrons. The molecule has 0 heterocycles. The van der Waals surface area contributed by atoms with Crippen molar-refractivity contribution >= 4 is 37.7 Å². The van der Waals surface area contributed by atoms with Gasteiger partial charge in [0.15, 0.2) is 0 Å². The van der Waals surface area contributed by atoms with Crippen LogP contribution in [0.5, 0.6) is 0 Å². The topological polar surface area (TPSA) is 138 Å². The first-order valence-corrected chi connectivity index (χ1v) is 1.41. The average molecular weight is 233 g/mol. The Balaban J connectivity index is -0.0000000300. The van der Waals surface area contributed by atoms with Crippen molar-refractivity contribution in [3.63, 3.8) is 0 Å². The Labute approximate surface area is 93.5 Å². The van der Waals surface area contributed by atoms with Crippen LogP contribution in [0, 0.1) is 0 Å². The number of rotatable bonds is 0. The fourth-order valence-electron chi connectivity index (χ4n) is 0. The Morgan fingerprint density at radius 2 is 0.600 bits per heavy atom. The summed E-state index contributed by atoms with van der Waals surface area (Å²) in [6.45, 7) is 0. The summed E-state index contributed by atoms with van der Waals surface area (Å²) in [7, 11) is -5.83. The zero-order valence-electron chi connectivity index (χ0n) is 4.81. The number of hydrogen-bond donors (Lipinski definition) is 0. The van der Waals surface area contributed by atoms with Crippen molar-refractivity contribution < 1.29 is 56.3 Å². The van der Waals surface area contributed by atoms with Gasteiger partial charge in [0.1, 0.15) is 0 Å². The molecule has 0 aromatic heterocycles. The molecule has 0 bridgehead atoms. The standard InChI is InChI=1S/2BO3.Mg.Zr/c2*2-1(3)4;;/q2*-3;+2;+4. The van der Waals surface area contributed by atoms with Gasteiger partial charge in [0.2, 0.25) is 0 Å². The fourth-order valence-corrected chi connectivity index (χ4v) is 0. The first-order chi connectivity index (χ1) is 3.46.